The van der Waals surface area contributed by atoms with Crippen LogP contribution in [0, 0.1) is 11.8 Å². The van der Waals surface area contributed by atoms with E-state index in [1.807, 2.05) is 0 Å². The van der Waals surface area contributed by atoms with Crippen LogP contribution in [0.4, 0.5) is 0 Å². The minimum Gasteiger partial charge on any atom is -0.398 e. The lowest BCUT2D eigenvalue weighted by Gasteiger charge is -2.34. The molecular weight excluding hydrogens is 206 g/mol. The molecule has 2 N–H and O–H groups in total. The number of rotatable bonds is 0. The van der Waals surface area contributed by atoms with Crippen molar-refractivity contribution in [3.63, 3.8) is 0 Å². The molecule has 2 unspecified atom stereocenters. The Morgan fingerprint density at radius 3 is 2.65 bits per heavy atom. The van der Waals surface area contributed by atoms with Crippen LogP contribution in [-0.4, -0.2) is 0 Å². The summed E-state index contributed by atoms with van der Waals surface area (Å²) in [6.45, 7) is 6.97. The van der Waals surface area contributed by atoms with Gasteiger partial charge in [-0.15, -0.1) is 0 Å². The highest BCUT2D eigenvalue weighted by Crippen LogP contribution is 2.55. The second-order valence-corrected chi connectivity index (χ2v) is 5.83. The zero-order valence-corrected chi connectivity index (χ0v) is 10.7. The van der Waals surface area contributed by atoms with Crippen molar-refractivity contribution in [3.8, 4) is 0 Å². The average molecular weight is 225 g/mol. The normalized spacial score (nSPS) is 29.1. The van der Waals surface area contributed by atoms with Crippen LogP contribution in [0.1, 0.15) is 31.9 Å². The summed E-state index contributed by atoms with van der Waals surface area (Å²) in [5.41, 5.74) is 11.5. The van der Waals surface area contributed by atoms with Crippen LogP contribution < -0.4 is 5.73 Å². The van der Waals surface area contributed by atoms with Gasteiger partial charge in [0.1, 0.15) is 0 Å². The molecule has 0 radical (unpaired) electrons. The van der Waals surface area contributed by atoms with Gasteiger partial charge in [-0.2, -0.15) is 0 Å². The Morgan fingerprint density at radius 1 is 1.18 bits per heavy atom. The molecule has 1 aromatic rings. The molecule has 0 aromatic heterocycles. The van der Waals surface area contributed by atoms with Gasteiger partial charge in [0, 0.05) is 11.6 Å². The molecule has 0 spiro atoms. The maximum absolute atomic E-state index is 6.21. The molecule has 88 valence electrons. The predicted molar refractivity (Wildman–Crippen MR) is 72.4 cm³/mol. The Morgan fingerprint density at radius 2 is 1.88 bits per heavy atom. The van der Waals surface area contributed by atoms with E-state index in [0.29, 0.717) is 11.8 Å². The molecule has 0 amide bonds. The first-order valence-corrected chi connectivity index (χ1v) is 6.31. The van der Waals surface area contributed by atoms with Gasteiger partial charge in [0.05, 0.1) is 0 Å². The van der Waals surface area contributed by atoms with Gasteiger partial charge in [0.2, 0.25) is 0 Å². The molecule has 0 fully saturated rings. The van der Waals surface area contributed by atoms with Gasteiger partial charge >= 0.3 is 0 Å². The molecule has 1 heteroatoms. The highest BCUT2D eigenvalue weighted by molar-refractivity contribution is 5.82. The summed E-state index contributed by atoms with van der Waals surface area (Å²) in [7, 11) is 0. The van der Waals surface area contributed by atoms with Crippen LogP contribution in [0.5, 0.6) is 0 Å². The minimum atomic E-state index is 0.181. The third-order valence-electron chi connectivity index (χ3n) is 4.42. The quantitative estimate of drug-likeness (QED) is 0.719. The third-order valence-corrected chi connectivity index (χ3v) is 4.42. The Balaban J connectivity index is 2.32. The molecule has 17 heavy (non-hydrogen) atoms. The zero-order valence-electron chi connectivity index (χ0n) is 10.7. The molecule has 1 nitrogen and oxygen atoms in total. The van der Waals surface area contributed by atoms with E-state index < -0.39 is 0 Å². The van der Waals surface area contributed by atoms with Crippen molar-refractivity contribution in [1.29, 1.82) is 0 Å². The average Bonchev–Trinajstić information content (AvgIpc) is 2.55. The van der Waals surface area contributed by atoms with Gasteiger partial charge in [-0.1, -0.05) is 51.1 Å². The van der Waals surface area contributed by atoms with E-state index in [0.717, 1.165) is 5.70 Å². The molecule has 0 heterocycles. The molecule has 2 aliphatic rings. The monoisotopic (exact) mass is 225 g/mol. The predicted octanol–water partition coefficient (Wildman–Crippen LogP) is 3.47. The lowest BCUT2D eigenvalue weighted by Crippen LogP contribution is -2.30. The van der Waals surface area contributed by atoms with E-state index in [1.165, 1.54) is 16.7 Å². The van der Waals surface area contributed by atoms with Gasteiger partial charge in [0.25, 0.3) is 0 Å². The molecule has 0 aliphatic heterocycles. The van der Waals surface area contributed by atoms with E-state index in [4.69, 9.17) is 5.73 Å². The minimum absolute atomic E-state index is 0.181. The molecule has 3 rings (SSSR count). The van der Waals surface area contributed by atoms with Gasteiger partial charge < -0.3 is 5.73 Å². The topological polar surface area (TPSA) is 26.0 Å². The van der Waals surface area contributed by atoms with E-state index in [1.54, 1.807) is 0 Å². The summed E-state index contributed by atoms with van der Waals surface area (Å²) >= 11 is 0. The van der Waals surface area contributed by atoms with Crippen LogP contribution in [0.2, 0.25) is 0 Å². The summed E-state index contributed by atoms with van der Waals surface area (Å²) in [5.74, 6) is 1.07. The van der Waals surface area contributed by atoms with Gasteiger partial charge in [-0.05, 0) is 34.1 Å². The molecule has 1 aromatic carbocycles. The van der Waals surface area contributed by atoms with Crippen LogP contribution in [0.15, 0.2) is 42.1 Å². The van der Waals surface area contributed by atoms with Crippen LogP contribution in [0.3, 0.4) is 0 Å². The summed E-state index contributed by atoms with van der Waals surface area (Å²) in [5, 5.41) is 0. The van der Waals surface area contributed by atoms with Crippen LogP contribution in [-0.2, 0) is 5.41 Å². The number of hydrogen-bond acceptors (Lipinski definition) is 1. The van der Waals surface area contributed by atoms with E-state index in [2.05, 4.69) is 57.2 Å². The molecule has 0 saturated heterocycles. The van der Waals surface area contributed by atoms with Gasteiger partial charge in [-0.25, -0.2) is 0 Å². The SMILES string of the molecule is CC1C=CC(N)=C2c3ccccc3C(C)(C)C21. The number of benzene rings is 1. The fraction of sp³-hybridized carbons (Fsp3) is 0.375. The first-order chi connectivity index (χ1) is 8.03. The zero-order chi connectivity index (χ0) is 12.2. The van der Waals surface area contributed by atoms with Crippen molar-refractivity contribution in [1.82, 2.24) is 0 Å². The van der Waals surface area contributed by atoms with E-state index in [-0.39, 0.29) is 5.41 Å². The van der Waals surface area contributed by atoms with Crippen LogP contribution >= 0.6 is 0 Å². The maximum atomic E-state index is 6.21. The number of hydrogen-bond donors (Lipinski definition) is 1. The highest BCUT2D eigenvalue weighted by atomic mass is 14.6. The third kappa shape index (κ3) is 1.25. The maximum Gasteiger partial charge on any atom is 0.0353 e. The molecule has 0 bridgehead atoms. The van der Waals surface area contributed by atoms with Crippen molar-refractivity contribution >= 4 is 5.57 Å². The largest absolute Gasteiger partial charge is 0.398 e. The lowest BCUT2D eigenvalue weighted by molar-refractivity contribution is 0.345. The number of fused-ring (bicyclic) bond motifs is 3. The van der Waals surface area contributed by atoms with Crippen LogP contribution in [0.25, 0.3) is 5.57 Å². The first kappa shape index (κ1) is 10.6. The molecule has 0 saturated carbocycles. The van der Waals surface area contributed by atoms with E-state index in [9.17, 15) is 0 Å². The fourth-order valence-corrected chi connectivity index (χ4v) is 3.69. The second kappa shape index (κ2) is 3.25. The second-order valence-electron chi connectivity index (χ2n) is 5.83. The van der Waals surface area contributed by atoms with Crippen molar-refractivity contribution in [2.24, 2.45) is 17.6 Å². The first-order valence-electron chi connectivity index (χ1n) is 6.31. The van der Waals surface area contributed by atoms with Crippen molar-refractivity contribution < 1.29 is 0 Å². The van der Waals surface area contributed by atoms with E-state index >= 15 is 0 Å². The summed E-state index contributed by atoms with van der Waals surface area (Å²) < 4.78 is 0. The molecule has 2 atom stereocenters. The van der Waals surface area contributed by atoms with Crippen molar-refractivity contribution in [2.45, 2.75) is 26.2 Å². The van der Waals surface area contributed by atoms with Crippen molar-refractivity contribution in [2.75, 3.05) is 0 Å². The highest BCUT2D eigenvalue weighted by Gasteiger charge is 2.46. The number of nitrogens with two attached hydrogens (primary N) is 1. The molecule has 2 aliphatic carbocycles. The van der Waals surface area contributed by atoms with Gasteiger partial charge in [0.15, 0.2) is 0 Å². The lowest BCUT2D eigenvalue weighted by atomic mass is 9.69. The Hall–Kier alpha value is -1.50. The van der Waals surface area contributed by atoms with Crippen molar-refractivity contribution in [3.05, 3.63) is 53.2 Å². The fourth-order valence-electron chi connectivity index (χ4n) is 3.69. The summed E-state index contributed by atoms with van der Waals surface area (Å²) in [6.07, 6.45) is 4.33. The summed E-state index contributed by atoms with van der Waals surface area (Å²) in [6, 6.07) is 8.71. The standard InChI is InChI=1S/C16H19N/c1-10-8-9-13(17)14-11-6-4-5-7-12(11)16(2,3)15(10)14/h4-10,15H,17H2,1-3H3. The Kier molecular flexibility index (Phi) is 2.04. The molecular formula is C16H19N. The summed E-state index contributed by atoms with van der Waals surface area (Å²) in [4.78, 5) is 0. The number of allylic oxidation sites excluding steroid dienone is 3. The Bertz CT molecular complexity index is 534. The van der Waals surface area contributed by atoms with Gasteiger partial charge in [-0.3, -0.25) is 0 Å². The smallest absolute Gasteiger partial charge is 0.0353 e. The Labute approximate surface area is 103 Å².